The lowest BCUT2D eigenvalue weighted by Crippen LogP contribution is -2.52. The van der Waals surface area contributed by atoms with Crippen molar-refractivity contribution in [3.63, 3.8) is 0 Å². The van der Waals surface area contributed by atoms with E-state index in [-0.39, 0.29) is 0 Å². The van der Waals surface area contributed by atoms with Crippen LogP contribution in [0, 0.1) is 0 Å². The molecule has 3 rings (SSSR count). The van der Waals surface area contributed by atoms with Gasteiger partial charge in [0, 0.05) is 13.7 Å². The molecule has 4 atom stereocenters. The summed E-state index contributed by atoms with van der Waals surface area (Å²) in [6.45, 7) is 4.12. The number of thiocarbonyl (C=S) groups is 1. The van der Waals surface area contributed by atoms with Gasteiger partial charge >= 0.3 is 0 Å². The lowest BCUT2D eigenvalue weighted by Gasteiger charge is -2.23. The zero-order chi connectivity index (χ0) is 18.7. The molecule has 0 bridgehead atoms. The smallest absolute Gasteiger partial charge is 0.270 e. The van der Waals surface area contributed by atoms with Gasteiger partial charge in [-0.15, -0.1) is 0 Å². The molecule has 1 amide bonds. The Morgan fingerprint density at radius 1 is 1.19 bits per heavy atom. The number of amides is 1. The minimum atomic E-state index is -0.865. The van der Waals surface area contributed by atoms with Crippen molar-refractivity contribution in [3.8, 4) is 0 Å². The quantitative estimate of drug-likeness (QED) is 0.515. The van der Waals surface area contributed by atoms with E-state index in [1.54, 1.807) is 13.8 Å². The number of ether oxygens (including phenoxy) is 4. The molecular formula is C17H23N3O5S. The number of methoxy groups -OCH3 is 1. The standard InChI is InChI=1S/C17H23N3O5S/c1-17(2)24-11-12(23-15(22-3)13(11)25-17)14(21)19-20-16(26)18-9-10-7-5-4-6-8-10/h4-8,11-13,15H,9H2,1-3H3,(H,19,21)(H2,18,20,26)/t11-,12-,13+,15+/m0/s1. The van der Waals surface area contributed by atoms with E-state index in [0.717, 1.165) is 5.56 Å². The normalized spacial score (nSPS) is 29.0. The SMILES string of the molecule is CO[C@@H]1O[C@H](C(=O)NNC(=S)NCc2ccccc2)[C@@H]2OC(C)(C)O[C@@H]12. The highest BCUT2D eigenvalue weighted by molar-refractivity contribution is 7.80. The molecule has 0 spiro atoms. The molecule has 2 aliphatic heterocycles. The highest BCUT2D eigenvalue weighted by atomic mass is 32.1. The number of nitrogens with one attached hydrogen (secondary N) is 3. The number of fused-ring (bicyclic) bond motifs is 1. The number of hydrazine groups is 1. The van der Waals surface area contributed by atoms with Crippen LogP contribution in [0.2, 0.25) is 0 Å². The molecule has 1 aromatic rings. The van der Waals surface area contributed by atoms with Crippen molar-refractivity contribution in [2.24, 2.45) is 0 Å². The van der Waals surface area contributed by atoms with Crippen LogP contribution in [0.25, 0.3) is 0 Å². The summed E-state index contributed by atoms with van der Waals surface area (Å²) >= 11 is 5.16. The van der Waals surface area contributed by atoms with Gasteiger partial charge in [0.2, 0.25) is 0 Å². The first-order chi connectivity index (χ1) is 12.4. The van der Waals surface area contributed by atoms with Gasteiger partial charge in [0.1, 0.15) is 12.2 Å². The average molecular weight is 381 g/mol. The Hall–Kier alpha value is -1.78. The summed E-state index contributed by atoms with van der Waals surface area (Å²) in [4.78, 5) is 12.5. The lowest BCUT2D eigenvalue weighted by molar-refractivity contribution is -0.225. The number of benzene rings is 1. The Morgan fingerprint density at radius 2 is 1.88 bits per heavy atom. The molecule has 0 aromatic heterocycles. The molecule has 2 heterocycles. The van der Waals surface area contributed by atoms with Gasteiger partial charge < -0.3 is 24.3 Å². The van der Waals surface area contributed by atoms with Gasteiger partial charge in [-0.2, -0.15) is 0 Å². The predicted molar refractivity (Wildman–Crippen MR) is 96.7 cm³/mol. The summed E-state index contributed by atoms with van der Waals surface area (Å²) in [5, 5.41) is 3.30. The largest absolute Gasteiger partial charge is 0.357 e. The van der Waals surface area contributed by atoms with Crippen molar-refractivity contribution in [2.75, 3.05) is 7.11 Å². The average Bonchev–Trinajstić information content (AvgIpc) is 3.11. The molecule has 9 heteroatoms. The first-order valence-corrected chi connectivity index (χ1v) is 8.72. The minimum absolute atomic E-state index is 0.295. The second kappa shape index (κ2) is 7.85. The fraction of sp³-hybridized carbons (Fsp3) is 0.529. The van der Waals surface area contributed by atoms with E-state index in [9.17, 15) is 4.79 Å². The maximum Gasteiger partial charge on any atom is 0.270 e. The van der Waals surface area contributed by atoms with E-state index in [0.29, 0.717) is 11.7 Å². The Balaban J connectivity index is 1.49. The maximum absolute atomic E-state index is 12.5. The number of carbonyl (C=O) groups excluding carboxylic acids is 1. The first kappa shape index (κ1) is 19.0. The summed E-state index contributed by atoms with van der Waals surface area (Å²) in [6, 6.07) is 9.79. The predicted octanol–water partition coefficient (Wildman–Crippen LogP) is 0.573. The molecule has 2 saturated heterocycles. The third-order valence-electron chi connectivity index (χ3n) is 4.10. The van der Waals surface area contributed by atoms with E-state index in [1.165, 1.54) is 7.11 Å². The van der Waals surface area contributed by atoms with Crippen molar-refractivity contribution in [3.05, 3.63) is 35.9 Å². The Bertz CT molecular complexity index is 657. The summed E-state index contributed by atoms with van der Waals surface area (Å²) in [5.74, 6) is -1.21. The van der Waals surface area contributed by atoms with E-state index in [1.807, 2.05) is 30.3 Å². The van der Waals surface area contributed by atoms with Crippen molar-refractivity contribution < 1.29 is 23.7 Å². The number of hydrogen-bond donors (Lipinski definition) is 3. The van der Waals surface area contributed by atoms with Crippen LogP contribution in [-0.4, -0.2) is 48.5 Å². The monoisotopic (exact) mass is 381 g/mol. The van der Waals surface area contributed by atoms with Crippen LogP contribution >= 0.6 is 12.2 Å². The molecule has 142 valence electrons. The van der Waals surface area contributed by atoms with Crippen LogP contribution in [0.15, 0.2) is 30.3 Å². The topological polar surface area (TPSA) is 90.1 Å². The zero-order valence-corrected chi connectivity index (χ0v) is 15.7. The van der Waals surface area contributed by atoms with E-state index >= 15 is 0 Å². The molecule has 2 aliphatic rings. The van der Waals surface area contributed by atoms with Crippen molar-refractivity contribution in [2.45, 2.75) is 50.8 Å². The molecule has 2 fully saturated rings. The van der Waals surface area contributed by atoms with Gasteiger partial charge in [-0.25, -0.2) is 0 Å². The Morgan fingerprint density at radius 3 is 2.58 bits per heavy atom. The molecule has 1 aromatic carbocycles. The van der Waals surface area contributed by atoms with Gasteiger partial charge in [-0.05, 0) is 31.6 Å². The van der Waals surface area contributed by atoms with Crippen molar-refractivity contribution in [1.29, 1.82) is 0 Å². The molecule has 8 nitrogen and oxygen atoms in total. The molecule has 0 unspecified atom stereocenters. The molecular weight excluding hydrogens is 358 g/mol. The second-order valence-corrected chi connectivity index (χ2v) is 6.92. The number of carbonyl (C=O) groups is 1. The van der Waals surface area contributed by atoms with Crippen molar-refractivity contribution in [1.82, 2.24) is 16.2 Å². The van der Waals surface area contributed by atoms with Crippen LogP contribution in [0.3, 0.4) is 0 Å². The maximum atomic E-state index is 12.5. The zero-order valence-electron chi connectivity index (χ0n) is 14.9. The van der Waals surface area contributed by atoms with Gasteiger partial charge in [0.05, 0.1) is 0 Å². The highest BCUT2D eigenvalue weighted by Crippen LogP contribution is 2.38. The first-order valence-electron chi connectivity index (χ1n) is 8.31. The van der Waals surface area contributed by atoms with Gasteiger partial charge in [0.15, 0.2) is 23.3 Å². The number of rotatable bonds is 4. The molecule has 3 N–H and O–H groups in total. The highest BCUT2D eigenvalue weighted by Gasteiger charge is 2.57. The summed E-state index contributed by atoms with van der Waals surface area (Å²) in [7, 11) is 1.50. The van der Waals surface area contributed by atoms with Crippen LogP contribution in [0.5, 0.6) is 0 Å². The van der Waals surface area contributed by atoms with E-state index < -0.39 is 36.3 Å². The second-order valence-electron chi connectivity index (χ2n) is 6.51. The van der Waals surface area contributed by atoms with Crippen LogP contribution in [0.4, 0.5) is 0 Å². The Kier molecular flexibility index (Phi) is 5.73. The molecule has 0 aliphatic carbocycles. The van der Waals surface area contributed by atoms with E-state index in [2.05, 4.69) is 16.2 Å². The molecule has 0 radical (unpaired) electrons. The fourth-order valence-electron chi connectivity index (χ4n) is 2.97. The summed E-state index contributed by atoms with van der Waals surface area (Å²) in [5.41, 5.74) is 6.28. The third-order valence-corrected chi connectivity index (χ3v) is 4.34. The number of hydrogen-bond acceptors (Lipinski definition) is 6. The van der Waals surface area contributed by atoms with E-state index in [4.69, 9.17) is 31.2 Å². The fourth-order valence-corrected chi connectivity index (χ4v) is 3.10. The molecule has 26 heavy (non-hydrogen) atoms. The van der Waals surface area contributed by atoms with Gasteiger partial charge in [-0.3, -0.25) is 15.6 Å². The minimum Gasteiger partial charge on any atom is -0.357 e. The van der Waals surface area contributed by atoms with Crippen LogP contribution in [-0.2, 0) is 30.3 Å². The summed E-state index contributed by atoms with van der Waals surface area (Å²) < 4.78 is 22.4. The van der Waals surface area contributed by atoms with Gasteiger partial charge in [0.25, 0.3) is 5.91 Å². The Labute approximate surface area is 157 Å². The van der Waals surface area contributed by atoms with Crippen LogP contribution < -0.4 is 16.2 Å². The van der Waals surface area contributed by atoms with Crippen molar-refractivity contribution >= 4 is 23.2 Å². The van der Waals surface area contributed by atoms with Crippen LogP contribution in [0.1, 0.15) is 19.4 Å². The third kappa shape index (κ3) is 4.30. The van der Waals surface area contributed by atoms with Gasteiger partial charge in [-0.1, -0.05) is 30.3 Å². The summed E-state index contributed by atoms with van der Waals surface area (Å²) in [6.07, 6.45) is -2.55. The molecule has 0 saturated carbocycles. The lowest BCUT2D eigenvalue weighted by atomic mass is 10.1.